The van der Waals surface area contributed by atoms with Crippen LogP contribution in [-0.4, -0.2) is 80.7 Å². The number of carbonyl (C=O) groups is 4. The van der Waals surface area contributed by atoms with Crippen molar-refractivity contribution >= 4 is 23.7 Å². The van der Waals surface area contributed by atoms with E-state index in [1.165, 1.54) is 19.4 Å². The number of benzene rings is 1. The lowest BCUT2D eigenvalue weighted by molar-refractivity contribution is -0.142. The molecule has 38 heavy (non-hydrogen) atoms. The molecule has 0 bridgehead atoms. The van der Waals surface area contributed by atoms with Gasteiger partial charge in [0.15, 0.2) is 0 Å². The first-order valence-electron chi connectivity index (χ1n) is 12.4. The molecule has 5 atom stereocenters. The quantitative estimate of drug-likeness (QED) is 0.119. The molecule has 208 valence electrons. The predicted molar refractivity (Wildman–Crippen MR) is 138 cm³/mol. The number of carboxylic acid groups (broad SMARTS) is 1. The van der Waals surface area contributed by atoms with Gasteiger partial charge in [-0.2, -0.15) is 0 Å². The molecule has 1 aromatic heterocycles. The van der Waals surface area contributed by atoms with Crippen LogP contribution in [0.4, 0.5) is 0 Å². The second-order valence-electron chi connectivity index (χ2n) is 9.04. The number of aromatic amines is 1. The van der Waals surface area contributed by atoms with Crippen LogP contribution in [0.5, 0.6) is 0 Å². The van der Waals surface area contributed by atoms with Crippen LogP contribution in [0.3, 0.4) is 0 Å². The Hall–Kier alpha value is -3.81. The molecule has 0 saturated carbocycles. The number of unbranched alkanes of at least 4 members (excludes halogenated alkanes) is 1. The van der Waals surface area contributed by atoms with Crippen molar-refractivity contribution in [1.82, 2.24) is 25.9 Å². The molecule has 13 nitrogen and oxygen atoms in total. The summed E-state index contributed by atoms with van der Waals surface area (Å²) in [6.45, 7) is 1.75. The Morgan fingerprint density at radius 2 is 1.55 bits per heavy atom. The average molecular weight is 532 g/mol. The molecule has 13 heteroatoms. The van der Waals surface area contributed by atoms with E-state index in [4.69, 9.17) is 11.5 Å². The first-order chi connectivity index (χ1) is 18.1. The molecule has 0 fully saturated rings. The third kappa shape index (κ3) is 9.92. The van der Waals surface area contributed by atoms with E-state index < -0.39 is 54.0 Å². The van der Waals surface area contributed by atoms with Gasteiger partial charge in [-0.1, -0.05) is 30.3 Å². The molecule has 0 aliphatic rings. The summed E-state index contributed by atoms with van der Waals surface area (Å²) in [5.74, 6) is -3.34. The van der Waals surface area contributed by atoms with Crippen LogP contribution < -0.4 is 27.4 Å². The largest absolute Gasteiger partial charge is 0.480 e. The normalized spacial score (nSPS) is 14.9. The van der Waals surface area contributed by atoms with Crippen LogP contribution in [0.15, 0.2) is 42.9 Å². The van der Waals surface area contributed by atoms with Gasteiger partial charge in [0.1, 0.15) is 24.2 Å². The van der Waals surface area contributed by atoms with Crippen molar-refractivity contribution in [3.8, 4) is 0 Å². The number of aromatic nitrogens is 2. The van der Waals surface area contributed by atoms with Gasteiger partial charge in [0, 0.05) is 24.7 Å². The zero-order valence-corrected chi connectivity index (χ0v) is 21.3. The van der Waals surface area contributed by atoms with E-state index >= 15 is 0 Å². The van der Waals surface area contributed by atoms with Gasteiger partial charge in [-0.15, -0.1) is 0 Å². The summed E-state index contributed by atoms with van der Waals surface area (Å²) in [5, 5.41) is 26.9. The Morgan fingerprint density at radius 1 is 0.947 bits per heavy atom. The standard InChI is InChI=1S/C25H37N7O6/c1-15(33)21(27)24(36)32-20(12-17-13-28-14-29-17)23(35)31-19(11-16-7-3-2-4-8-16)22(34)30-18(25(37)38)9-5-6-10-26/h2-4,7-8,13-15,18-21,33H,5-6,9-12,26-27H2,1H3,(H,28,29)(H,30,34)(H,31,35)(H,32,36)(H,37,38). The number of hydrogen-bond donors (Lipinski definition) is 8. The molecule has 10 N–H and O–H groups in total. The third-order valence-electron chi connectivity index (χ3n) is 5.91. The average Bonchev–Trinajstić information content (AvgIpc) is 3.40. The minimum Gasteiger partial charge on any atom is -0.480 e. The fourth-order valence-electron chi connectivity index (χ4n) is 3.67. The van der Waals surface area contributed by atoms with E-state index in [0.717, 1.165) is 5.56 Å². The lowest BCUT2D eigenvalue weighted by Gasteiger charge is -2.25. The van der Waals surface area contributed by atoms with Crippen LogP contribution in [-0.2, 0) is 32.0 Å². The zero-order valence-electron chi connectivity index (χ0n) is 21.3. The number of nitrogens with one attached hydrogen (secondary N) is 4. The highest BCUT2D eigenvalue weighted by Crippen LogP contribution is 2.08. The Labute approximate surface area is 220 Å². The van der Waals surface area contributed by atoms with Crippen molar-refractivity contribution in [3.63, 3.8) is 0 Å². The molecule has 3 amide bonds. The lowest BCUT2D eigenvalue weighted by Crippen LogP contribution is -2.59. The van der Waals surface area contributed by atoms with Crippen molar-refractivity contribution in [1.29, 1.82) is 0 Å². The smallest absolute Gasteiger partial charge is 0.326 e. The Kier molecular flexibility index (Phi) is 12.4. The van der Waals surface area contributed by atoms with Crippen LogP contribution in [0.1, 0.15) is 37.4 Å². The number of aliphatic carboxylic acids is 1. The SMILES string of the molecule is CC(O)C(N)C(=O)NC(Cc1cnc[nH]1)C(=O)NC(Cc1ccccc1)C(=O)NC(CCCCN)C(=O)O. The fourth-order valence-corrected chi connectivity index (χ4v) is 3.67. The lowest BCUT2D eigenvalue weighted by atomic mass is 10.0. The van der Waals surface area contributed by atoms with Gasteiger partial charge in [0.25, 0.3) is 0 Å². The minimum atomic E-state index is -1.28. The molecule has 0 aliphatic heterocycles. The summed E-state index contributed by atoms with van der Waals surface area (Å²) in [6, 6.07) is 4.15. The molecular formula is C25H37N7O6. The summed E-state index contributed by atoms with van der Waals surface area (Å²) >= 11 is 0. The van der Waals surface area contributed by atoms with E-state index in [1.807, 2.05) is 0 Å². The van der Waals surface area contributed by atoms with Gasteiger partial charge < -0.3 is 42.6 Å². The highest BCUT2D eigenvalue weighted by Gasteiger charge is 2.31. The van der Waals surface area contributed by atoms with E-state index in [9.17, 15) is 29.4 Å². The van der Waals surface area contributed by atoms with E-state index in [-0.39, 0.29) is 19.3 Å². The summed E-state index contributed by atoms with van der Waals surface area (Å²) < 4.78 is 0. The molecule has 2 rings (SSSR count). The summed E-state index contributed by atoms with van der Waals surface area (Å²) in [6.07, 6.45) is 3.10. The third-order valence-corrected chi connectivity index (χ3v) is 5.91. The van der Waals surface area contributed by atoms with Crippen molar-refractivity contribution in [2.24, 2.45) is 11.5 Å². The van der Waals surface area contributed by atoms with E-state index in [0.29, 0.717) is 25.1 Å². The minimum absolute atomic E-state index is 0.000614. The van der Waals surface area contributed by atoms with Gasteiger partial charge in [0.2, 0.25) is 17.7 Å². The van der Waals surface area contributed by atoms with Crippen molar-refractivity contribution in [2.45, 2.75) is 69.3 Å². The van der Waals surface area contributed by atoms with Gasteiger partial charge >= 0.3 is 5.97 Å². The highest BCUT2D eigenvalue weighted by atomic mass is 16.4. The van der Waals surface area contributed by atoms with Crippen LogP contribution in [0.25, 0.3) is 0 Å². The molecule has 0 aliphatic carbocycles. The zero-order chi connectivity index (χ0) is 28.1. The maximum Gasteiger partial charge on any atom is 0.326 e. The first kappa shape index (κ1) is 30.4. The number of aliphatic hydroxyl groups is 1. The van der Waals surface area contributed by atoms with Gasteiger partial charge in [0.05, 0.1) is 12.4 Å². The monoisotopic (exact) mass is 531 g/mol. The van der Waals surface area contributed by atoms with E-state index in [1.54, 1.807) is 30.3 Å². The number of rotatable bonds is 16. The number of aliphatic hydroxyl groups excluding tert-OH is 1. The number of carbonyl (C=O) groups excluding carboxylic acids is 3. The van der Waals surface area contributed by atoms with Crippen LogP contribution in [0.2, 0.25) is 0 Å². The summed E-state index contributed by atoms with van der Waals surface area (Å²) in [7, 11) is 0. The maximum absolute atomic E-state index is 13.4. The fraction of sp³-hybridized carbons (Fsp3) is 0.480. The van der Waals surface area contributed by atoms with Crippen LogP contribution >= 0.6 is 0 Å². The molecule has 0 saturated heterocycles. The molecule has 1 heterocycles. The van der Waals surface area contributed by atoms with Crippen molar-refractivity contribution < 1.29 is 29.4 Å². The van der Waals surface area contributed by atoms with Crippen LogP contribution in [0, 0.1) is 0 Å². The number of H-pyrrole nitrogens is 1. The molecule has 0 radical (unpaired) electrons. The molecule has 5 unspecified atom stereocenters. The number of hydrogen-bond acceptors (Lipinski definition) is 8. The van der Waals surface area contributed by atoms with Gasteiger partial charge in [-0.3, -0.25) is 14.4 Å². The van der Waals surface area contributed by atoms with Gasteiger partial charge in [-0.05, 0) is 38.3 Å². The predicted octanol–water partition coefficient (Wildman–Crippen LogP) is -1.43. The Balaban J connectivity index is 2.25. The summed E-state index contributed by atoms with van der Waals surface area (Å²) in [5.41, 5.74) is 12.5. The Morgan fingerprint density at radius 3 is 2.11 bits per heavy atom. The van der Waals surface area contributed by atoms with Crippen molar-refractivity contribution in [3.05, 3.63) is 54.1 Å². The number of nitrogens with two attached hydrogens (primary N) is 2. The first-order valence-corrected chi connectivity index (χ1v) is 12.4. The number of carboxylic acids is 1. The second kappa shape index (κ2) is 15.4. The molecule has 0 spiro atoms. The molecular weight excluding hydrogens is 494 g/mol. The number of nitrogens with zero attached hydrogens (tertiary/aromatic N) is 1. The van der Waals surface area contributed by atoms with E-state index in [2.05, 4.69) is 25.9 Å². The van der Waals surface area contributed by atoms with Crippen molar-refractivity contribution in [2.75, 3.05) is 6.54 Å². The second-order valence-corrected chi connectivity index (χ2v) is 9.04. The van der Waals surface area contributed by atoms with Gasteiger partial charge in [-0.25, -0.2) is 9.78 Å². The number of amides is 3. The molecule has 1 aromatic carbocycles. The highest BCUT2D eigenvalue weighted by molar-refractivity contribution is 5.94. The number of imidazole rings is 1. The topological polar surface area (TPSA) is 226 Å². The molecule has 2 aromatic rings. The maximum atomic E-state index is 13.4. The summed E-state index contributed by atoms with van der Waals surface area (Å²) in [4.78, 5) is 57.6. The Bertz CT molecular complexity index is 1030.